The van der Waals surface area contributed by atoms with Gasteiger partial charge in [-0.05, 0) is 137 Å². The molecule has 3 aromatic rings. The van der Waals surface area contributed by atoms with E-state index in [0.29, 0.717) is 50.9 Å². The summed E-state index contributed by atoms with van der Waals surface area (Å²) in [5.41, 5.74) is 4.67. The molecule has 0 aliphatic heterocycles. The van der Waals surface area contributed by atoms with Gasteiger partial charge in [0.2, 0.25) is 0 Å². The highest BCUT2D eigenvalue weighted by Crippen LogP contribution is 2.44. The fourth-order valence-electron chi connectivity index (χ4n) is 6.55. The van der Waals surface area contributed by atoms with Crippen molar-refractivity contribution in [3.8, 4) is 23.0 Å². The van der Waals surface area contributed by atoms with Crippen molar-refractivity contribution in [3.63, 3.8) is 0 Å². The second-order valence-electron chi connectivity index (χ2n) is 12.8. The molecule has 0 spiro atoms. The quantitative estimate of drug-likeness (QED) is 0.163. The van der Waals surface area contributed by atoms with Crippen LogP contribution in [0.15, 0.2) is 29.6 Å². The number of carbonyl (C=O) groups is 5. The summed E-state index contributed by atoms with van der Waals surface area (Å²) in [7, 11) is 1.33. The van der Waals surface area contributed by atoms with E-state index in [2.05, 4.69) is 0 Å². The molecule has 0 saturated carbocycles. The Morgan fingerprint density at radius 3 is 1.81 bits per heavy atom. The predicted octanol–water partition coefficient (Wildman–Crippen LogP) is 7.79. The normalized spacial score (nSPS) is 14.0. The third-order valence-corrected chi connectivity index (χ3v) is 10.1. The first kappa shape index (κ1) is 39.4. The minimum atomic E-state index is -1.06. The van der Waals surface area contributed by atoms with Crippen molar-refractivity contribution in [2.24, 2.45) is 5.92 Å². The minimum absolute atomic E-state index is 0.0890. The highest BCUT2D eigenvalue weighted by Gasteiger charge is 2.34. The molecular formula is C40H41ClO11. The first-order valence-electron chi connectivity index (χ1n) is 16.4. The largest absolute Gasteiger partial charge is 0.505 e. The smallest absolute Gasteiger partial charge is 0.347 e. The number of rotatable bonds is 9. The summed E-state index contributed by atoms with van der Waals surface area (Å²) >= 11 is 6.50. The molecule has 0 heterocycles. The Bertz CT molecular complexity index is 2100. The van der Waals surface area contributed by atoms with Gasteiger partial charge in [0, 0.05) is 6.08 Å². The van der Waals surface area contributed by atoms with Gasteiger partial charge in [-0.3, -0.25) is 9.59 Å². The number of phenolic OH excluding ortho intramolecular Hbond substituents is 1. The minimum Gasteiger partial charge on any atom is -0.505 e. The summed E-state index contributed by atoms with van der Waals surface area (Å²) in [6.45, 7) is 16.6. The number of phenols is 1. The fraction of sp³-hybridized carbons (Fsp3) is 0.325. The molecule has 11 nitrogen and oxygen atoms in total. The first-order valence-corrected chi connectivity index (χ1v) is 16.8. The number of hydrogen-bond donors (Lipinski definition) is 2. The van der Waals surface area contributed by atoms with Crippen LogP contribution in [0.4, 0.5) is 0 Å². The van der Waals surface area contributed by atoms with Gasteiger partial charge >= 0.3 is 23.9 Å². The van der Waals surface area contributed by atoms with Gasteiger partial charge in [0.25, 0.3) is 0 Å². The number of esters is 3. The number of ether oxygens (including phenoxy) is 4. The summed E-state index contributed by atoms with van der Waals surface area (Å²) in [4.78, 5) is 64.5. The second kappa shape index (κ2) is 15.1. The molecule has 12 heteroatoms. The number of benzene rings is 3. The van der Waals surface area contributed by atoms with Crippen molar-refractivity contribution >= 4 is 41.3 Å². The van der Waals surface area contributed by atoms with Crippen LogP contribution in [0.3, 0.4) is 0 Å². The van der Waals surface area contributed by atoms with Crippen LogP contribution in [-0.2, 0) is 20.7 Å². The maximum Gasteiger partial charge on any atom is 0.347 e. The van der Waals surface area contributed by atoms with Gasteiger partial charge in [-0.15, -0.1) is 0 Å². The molecule has 1 unspecified atom stereocenters. The van der Waals surface area contributed by atoms with Crippen LogP contribution >= 0.6 is 11.6 Å². The summed E-state index contributed by atoms with van der Waals surface area (Å²) in [6.07, 6.45) is 2.85. The lowest BCUT2D eigenvalue weighted by Gasteiger charge is -2.23. The van der Waals surface area contributed by atoms with Gasteiger partial charge in [-0.1, -0.05) is 18.5 Å². The van der Waals surface area contributed by atoms with Crippen LogP contribution in [0.2, 0.25) is 5.02 Å². The zero-order valence-corrected chi connectivity index (χ0v) is 31.7. The Kier molecular flexibility index (Phi) is 11.4. The first-order chi connectivity index (χ1) is 24.3. The molecule has 0 saturated heterocycles. The average Bonchev–Trinajstić information content (AvgIpc) is 3.07. The number of aromatic carboxylic acids is 1. The molecule has 1 aliphatic rings. The molecule has 0 amide bonds. The summed E-state index contributed by atoms with van der Waals surface area (Å²) in [5, 5.41) is 20.5. The third kappa shape index (κ3) is 6.92. The van der Waals surface area contributed by atoms with Crippen LogP contribution in [0.5, 0.6) is 23.0 Å². The topological polar surface area (TPSA) is 163 Å². The molecule has 0 aromatic heterocycles. The Labute approximate surface area is 306 Å². The second-order valence-corrected chi connectivity index (χ2v) is 13.2. The number of hydrogen-bond acceptors (Lipinski definition) is 10. The van der Waals surface area contributed by atoms with Crippen molar-refractivity contribution < 1.29 is 53.1 Å². The number of carboxylic acid groups (broad SMARTS) is 1. The maximum absolute atomic E-state index is 13.8. The molecule has 2 N–H and O–H groups in total. The number of carboxylic acids is 1. The molecule has 52 heavy (non-hydrogen) atoms. The lowest BCUT2D eigenvalue weighted by molar-refractivity contribution is -0.137. The van der Waals surface area contributed by atoms with E-state index >= 15 is 0 Å². The number of aromatic hydroxyl groups is 1. The molecule has 4 rings (SSSR count). The van der Waals surface area contributed by atoms with Crippen molar-refractivity contribution in [3.05, 3.63) is 101 Å². The zero-order valence-electron chi connectivity index (χ0n) is 31.0. The van der Waals surface area contributed by atoms with Crippen molar-refractivity contribution in [1.29, 1.82) is 0 Å². The Hall–Kier alpha value is -5.42. The molecule has 274 valence electrons. The SMILES string of the molecule is CCc1c(C)c(OC(=O)c2c(C)c(C)c(OC(=O)C3C(C)=CC(=O)C=C3OC)c(Cl)c2O)cc(C)c1C(=O)Oc1c(C)c(C)c(C(=O)O)c(C)c1C. The maximum atomic E-state index is 13.8. The fourth-order valence-corrected chi connectivity index (χ4v) is 6.83. The van der Waals surface area contributed by atoms with E-state index in [9.17, 15) is 34.2 Å². The van der Waals surface area contributed by atoms with Crippen molar-refractivity contribution in [1.82, 2.24) is 0 Å². The lowest BCUT2D eigenvalue weighted by Crippen LogP contribution is -2.27. The van der Waals surface area contributed by atoms with E-state index in [4.69, 9.17) is 30.5 Å². The monoisotopic (exact) mass is 732 g/mol. The molecule has 0 bridgehead atoms. The van der Waals surface area contributed by atoms with Gasteiger partial charge in [0.15, 0.2) is 17.3 Å². The Balaban J connectivity index is 1.68. The standard InChI is InChI=1S/C40H41ClO11/c1-12-26-24(10)27(14-17(3)29(26)38(46)51-35-21(7)18(4)31(37(44)45)19(5)22(35)8)50-40(48)32-20(6)23(9)36(33(41)34(32)43)52-39(47)30-16(2)13-25(42)15-28(30)49-11/h13-15,30,43H,12H2,1-11H3,(H,44,45). The van der Waals surface area contributed by atoms with E-state index in [1.807, 2.05) is 6.92 Å². The van der Waals surface area contributed by atoms with Crippen LogP contribution in [0.1, 0.15) is 95.0 Å². The highest BCUT2D eigenvalue weighted by atomic mass is 35.5. The van der Waals surface area contributed by atoms with Crippen LogP contribution in [0, 0.1) is 61.3 Å². The van der Waals surface area contributed by atoms with E-state index in [0.717, 1.165) is 0 Å². The number of ketones is 1. The van der Waals surface area contributed by atoms with Gasteiger partial charge < -0.3 is 29.2 Å². The van der Waals surface area contributed by atoms with Gasteiger partial charge in [-0.2, -0.15) is 0 Å². The number of carbonyl (C=O) groups excluding carboxylic acids is 4. The lowest BCUT2D eigenvalue weighted by atomic mass is 9.92. The van der Waals surface area contributed by atoms with Crippen molar-refractivity contribution in [2.75, 3.05) is 7.11 Å². The van der Waals surface area contributed by atoms with E-state index < -0.39 is 40.6 Å². The molecule has 0 fully saturated rings. The van der Waals surface area contributed by atoms with E-state index in [-0.39, 0.29) is 56.6 Å². The third-order valence-electron chi connectivity index (χ3n) is 9.79. The Morgan fingerprint density at radius 1 is 0.731 bits per heavy atom. The number of aryl methyl sites for hydroxylation is 1. The highest BCUT2D eigenvalue weighted by molar-refractivity contribution is 6.34. The molecule has 3 aromatic carbocycles. The van der Waals surface area contributed by atoms with E-state index in [1.165, 1.54) is 32.3 Å². The number of allylic oxidation sites excluding steroid dienone is 2. The van der Waals surface area contributed by atoms with Crippen LogP contribution in [-0.4, -0.2) is 47.0 Å². The number of methoxy groups -OCH3 is 1. The molecule has 1 atom stereocenters. The van der Waals surface area contributed by atoms with Crippen LogP contribution in [0.25, 0.3) is 0 Å². The zero-order chi connectivity index (χ0) is 39.1. The summed E-state index contributed by atoms with van der Waals surface area (Å²) < 4.78 is 22.6. The predicted molar refractivity (Wildman–Crippen MR) is 193 cm³/mol. The molecular weight excluding hydrogens is 692 g/mol. The van der Waals surface area contributed by atoms with Gasteiger partial charge in [0.05, 0.1) is 18.2 Å². The van der Waals surface area contributed by atoms with Gasteiger partial charge in [0.1, 0.15) is 33.8 Å². The van der Waals surface area contributed by atoms with Gasteiger partial charge in [-0.25, -0.2) is 14.4 Å². The summed E-state index contributed by atoms with van der Waals surface area (Å²) in [5.74, 6) is -5.16. The average molecular weight is 733 g/mol. The molecule has 0 radical (unpaired) electrons. The summed E-state index contributed by atoms with van der Waals surface area (Å²) in [6, 6.07) is 1.52. The number of halogens is 1. The van der Waals surface area contributed by atoms with Crippen LogP contribution < -0.4 is 14.2 Å². The molecule has 1 aliphatic carbocycles. The Morgan fingerprint density at radius 2 is 1.27 bits per heavy atom. The van der Waals surface area contributed by atoms with E-state index in [1.54, 1.807) is 55.4 Å². The van der Waals surface area contributed by atoms with Crippen molar-refractivity contribution in [2.45, 2.75) is 75.7 Å².